The number of hydrogen-bond acceptors (Lipinski definition) is 12. The predicted octanol–water partition coefficient (Wildman–Crippen LogP) is 8.40. The van der Waals surface area contributed by atoms with Gasteiger partial charge in [0.15, 0.2) is 5.13 Å². The molecule has 4 heterocycles. The molecule has 17 heteroatoms. The summed E-state index contributed by atoms with van der Waals surface area (Å²) in [5, 5.41) is 11.2. The van der Waals surface area contributed by atoms with Gasteiger partial charge in [-0.1, -0.05) is 43.2 Å². The molecule has 0 spiro atoms. The van der Waals surface area contributed by atoms with Crippen molar-refractivity contribution < 1.29 is 42.8 Å². The summed E-state index contributed by atoms with van der Waals surface area (Å²) in [7, 11) is -1.08. The number of methoxy groups -OCH3 is 2. The van der Waals surface area contributed by atoms with Crippen LogP contribution >= 0.6 is 18.7 Å². The van der Waals surface area contributed by atoms with Crippen LogP contribution in [0.15, 0.2) is 66.1 Å². The predicted molar refractivity (Wildman–Crippen MR) is 246 cm³/mol. The van der Waals surface area contributed by atoms with Crippen LogP contribution in [-0.4, -0.2) is 94.0 Å². The Hall–Kier alpha value is -5.18. The van der Waals surface area contributed by atoms with Gasteiger partial charge in [-0.05, 0) is 83.4 Å². The fourth-order valence-corrected chi connectivity index (χ4v) is 12.5. The molecule has 1 unspecified atom stereocenters. The molecule has 2 aromatic heterocycles. The van der Waals surface area contributed by atoms with Gasteiger partial charge in [-0.2, -0.15) is 0 Å². The van der Waals surface area contributed by atoms with E-state index in [9.17, 15) is 23.8 Å². The Morgan fingerprint density at radius 3 is 2.56 bits per heavy atom. The van der Waals surface area contributed by atoms with Crippen molar-refractivity contribution in [2.45, 2.75) is 126 Å². The number of hydrogen-bond donors (Lipinski definition) is 4. The minimum absolute atomic E-state index is 0.00949. The molecule has 0 bridgehead atoms. The number of ether oxygens (including phenoxy) is 4. The van der Waals surface area contributed by atoms with Gasteiger partial charge in [-0.15, -0.1) is 11.3 Å². The molecule has 6 atom stereocenters. The lowest BCUT2D eigenvalue weighted by atomic mass is 10.0. The second kappa shape index (κ2) is 19.5. The van der Waals surface area contributed by atoms with Crippen LogP contribution in [0.4, 0.5) is 9.93 Å². The normalized spacial score (nSPS) is 25.6. The average Bonchev–Trinajstić information content (AvgIpc) is 3.69. The summed E-state index contributed by atoms with van der Waals surface area (Å²) in [6.07, 6.45) is 9.36. The van der Waals surface area contributed by atoms with Crippen molar-refractivity contribution >= 4 is 52.6 Å². The molecule has 2 aliphatic carbocycles. The summed E-state index contributed by atoms with van der Waals surface area (Å²) < 4.78 is 38.4. The number of thiazole rings is 1. The lowest BCUT2D eigenvalue weighted by molar-refractivity contribution is -0.140. The highest BCUT2D eigenvalue weighted by Gasteiger charge is 2.66. The van der Waals surface area contributed by atoms with Gasteiger partial charge < -0.3 is 44.7 Å². The SMILES string of the molecule is COc1ccc2c(O[C@@H]3C[C@H]4C(=O)N[C@]5(P(=O)(O)Cc6ccccc6OC)C[C@H]5/C=C/CCCCC[C@H](NC(=O)OC5CCCC5)C(=O)N4C3)cc(-c3csc(NC(C)C)n3)nc2c1. The number of fused-ring (bicyclic) bond motifs is 3. The number of carbonyl (C=O) groups is 3. The summed E-state index contributed by atoms with van der Waals surface area (Å²) in [6, 6.07) is 12.5. The first kappa shape index (κ1) is 45.4. The van der Waals surface area contributed by atoms with Crippen molar-refractivity contribution in [3.8, 4) is 28.6 Å². The number of para-hydroxylation sites is 1. The van der Waals surface area contributed by atoms with E-state index in [1.807, 2.05) is 55.6 Å². The van der Waals surface area contributed by atoms with E-state index in [1.165, 1.54) is 23.3 Å². The maximum absolute atomic E-state index is 14.9. The number of allylic oxidation sites excluding steroid dienone is 1. The quantitative estimate of drug-likeness (QED) is 0.0786. The number of anilines is 1. The third-order valence-corrected chi connectivity index (χ3v) is 16.1. The Kier molecular flexibility index (Phi) is 13.8. The smallest absolute Gasteiger partial charge is 0.408 e. The van der Waals surface area contributed by atoms with Gasteiger partial charge in [0.05, 0.1) is 38.1 Å². The second-order valence-corrected chi connectivity index (χ2v) is 21.1. The van der Waals surface area contributed by atoms with Gasteiger partial charge in [0.25, 0.3) is 0 Å². The Bertz CT molecular complexity index is 2420. The highest BCUT2D eigenvalue weighted by atomic mass is 32.1. The minimum Gasteiger partial charge on any atom is -0.497 e. The molecule has 4 aliphatic rings. The third-order valence-electron chi connectivity index (χ3n) is 12.7. The first-order chi connectivity index (χ1) is 30.9. The number of carbonyl (C=O) groups excluding carboxylic acids is 3. The number of alkyl carbamates (subject to hydrolysis) is 1. The number of nitrogens with one attached hydrogen (secondary N) is 3. The number of rotatable bonds is 12. The van der Waals surface area contributed by atoms with Crippen molar-refractivity contribution in [1.82, 2.24) is 25.5 Å². The van der Waals surface area contributed by atoms with E-state index in [0.717, 1.165) is 50.1 Å². The van der Waals surface area contributed by atoms with Crippen LogP contribution in [0.3, 0.4) is 0 Å². The highest BCUT2D eigenvalue weighted by molar-refractivity contribution is 7.59. The largest absolute Gasteiger partial charge is 0.497 e. The van der Waals surface area contributed by atoms with E-state index in [2.05, 4.69) is 16.0 Å². The highest BCUT2D eigenvalue weighted by Crippen LogP contribution is 2.71. The molecule has 64 heavy (non-hydrogen) atoms. The van der Waals surface area contributed by atoms with Crippen molar-refractivity contribution in [1.29, 1.82) is 0 Å². The third kappa shape index (κ3) is 10.0. The molecule has 342 valence electrons. The lowest BCUT2D eigenvalue weighted by Gasteiger charge is -2.31. The first-order valence-electron chi connectivity index (χ1n) is 22.4. The van der Waals surface area contributed by atoms with Crippen molar-refractivity contribution in [3.05, 3.63) is 71.6 Å². The Labute approximate surface area is 378 Å². The summed E-state index contributed by atoms with van der Waals surface area (Å²) in [6.45, 7) is 4.09. The van der Waals surface area contributed by atoms with Crippen LogP contribution in [-0.2, 0) is 25.1 Å². The molecular weight excluding hydrogens is 856 g/mol. The fourth-order valence-electron chi connectivity index (χ4n) is 9.27. The van der Waals surface area contributed by atoms with Crippen LogP contribution in [0.25, 0.3) is 22.3 Å². The number of pyridine rings is 1. The van der Waals surface area contributed by atoms with E-state index in [4.69, 9.17) is 28.9 Å². The van der Waals surface area contributed by atoms with Crippen LogP contribution in [0.5, 0.6) is 17.2 Å². The molecular formula is C47H59N6O9PS. The van der Waals surface area contributed by atoms with Crippen LogP contribution in [0, 0.1) is 5.92 Å². The number of nitrogens with zero attached hydrogens (tertiary/aromatic N) is 3. The summed E-state index contributed by atoms with van der Waals surface area (Å²) in [4.78, 5) is 66.4. The Morgan fingerprint density at radius 2 is 1.78 bits per heavy atom. The van der Waals surface area contributed by atoms with Crippen molar-refractivity contribution in [2.75, 3.05) is 26.1 Å². The van der Waals surface area contributed by atoms with Crippen LogP contribution in [0.1, 0.15) is 90.0 Å². The summed E-state index contributed by atoms with van der Waals surface area (Å²) >= 11 is 1.47. The van der Waals surface area contributed by atoms with Gasteiger partial charge in [0, 0.05) is 46.8 Å². The maximum Gasteiger partial charge on any atom is 0.408 e. The fraction of sp³-hybridized carbons (Fsp3) is 0.511. The van der Waals surface area contributed by atoms with Crippen molar-refractivity contribution in [2.24, 2.45) is 5.92 Å². The van der Waals surface area contributed by atoms with Gasteiger partial charge >= 0.3 is 6.09 Å². The lowest BCUT2D eigenvalue weighted by Crippen LogP contribution is -2.55. The van der Waals surface area contributed by atoms with E-state index in [0.29, 0.717) is 57.9 Å². The number of aromatic nitrogens is 2. The molecule has 4 aromatic rings. The van der Waals surface area contributed by atoms with E-state index >= 15 is 0 Å². The summed E-state index contributed by atoms with van der Waals surface area (Å²) in [5.41, 5.74) is 2.38. The molecule has 3 fully saturated rings. The molecule has 1 saturated heterocycles. The zero-order chi connectivity index (χ0) is 45.0. The van der Waals surface area contributed by atoms with E-state index < -0.39 is 54.7 Å². The van der Waals surface area contributed by atoms with E-state index in [1.54, 1.807) is 31.4 Å². The molecule has 8 rings (SSSR count). The van der Waals surface area contributed by atoms with Gasteiger partial charge in [0.1, 0.15) is 52.5 Å². The summed E-state index contributed by atoms with van der Waals surface area (Å²) in [5.74, 6) is 0.161. The van der Waals surface area contributed by atoms with E-state index in [-0.39, 0.29) is 37.7 Å². The van der Waals surface area contributed by atoms with Gasteiger partial charge in [-0.25, -0.2) is 14.8 Å². The molecule has 2 aromatic carbocycles. The molecule has 3 amide bonds. The zero-order valence-electron chi connectivity index (χ0n) is 36.9. The first-order valence-corrected chi connectivity index (χ1v) is 25.2. The van der Waals surface area contributed by atoms with Crippen LogP contribution < -0.4 is 30.2 Å². The maximum atomic E-state index is 14.9. The molecule has 4 N–H and O–H groups in total. The van der Waals surface area contributed by atoms with Crippen molar-refractivity contribution in [3.63, 3.8) is 0 Å². The zero-order valence-corrected chi connectivity index (χ0v) is 38.6. The second-order valence-electron chi connectivity index (χ2n) is 17.7. The Balaban J connectivity index is 1.13. The average molecular weight is 915 g/mol. The molecule has 2 aliphatic heterocycles. The standard InChI is InChI=1S/C47H59N6O9PS/c1-29(2)48-45-50-39(28-64-45)38-24-42(35-21-20-33(59-3)22-37(35)49-38)61-34-23-40-43(54)52-47(63(57,58)27-30-14-10-13-19-41(30)60-4)25-31(47)15-8-6-5-7-9-18-36(44(55)53(40)26-34)51-46(56)62-32-16-11-12-17-32/h8,10,13-15,19-22,24,28-29,31-32,34,36,40H,5-7,9,11-12,16-18,23,25-27H2,1-4H3,(H,48,50)(H,51,56)(H,52,54)(H,57,58)/b15-8+/t31-,34-,36+,40+,47+/m1/s1. The van der Waals surface area contributed by atoms with Crippen LogP contribution in [0.2, 0.25) is 0 Å². The minimum atomic E-state index is -4.18. The molecule has 2 saturated carbocycles. The number of benzene rings is 2. The molecule has 15 nitrogen and oxygen atoms in total. The molecule has 0 radical (unpaired) electrons. The topological polar surface area (TPSA) is 191 Å². The van der Waals surface area contributed by atoms with Gasteiger partial charge in [-0.3, -0.25) is 14.2 Å². The Morgan fingerprint density at radius 1 is 0.984 bits per heavy atom. The van der Waals surface area contributed by atoms with Gasteiger partial charge in [0.2, 0.25) is 19.2 Å². The number of amides is 3. The monoisotopic (exact) mass is 914 g/mol.